The molecule has 0 radical (unpaired) electrons. The largest absolute Gasteiger partial charge is 0.423 e. The molecule has 4 aromatic rings. The van der Waals surface area contributed by atoms with Gasteiger partial charge in [0.25, 0.3) is 0 Å². The Labute approximate surface area is 238 Å². The fourth-order valence-electron chi connectivity index (χ4n) is 4.42. The fourth-order valence-corrected chi connectivity index (χ4v) is 4.42. The van der Waals surface area contributed by atoms with Crippen LogP contribution in [0.5, 0.6) is 34.5 Å². The van der Waals surface area contributed by atoms with Crippen molar-refractivity contribution in [2.45, 2.75) is 41.5 Å². The smallest absolute Gasteiger partial charge is 0.308 e. The molecule has 0 aromatic heterocycles. The summed E-state index contributed by atoms with van der Waals surface area (Å²) in [5.74, 6) is -4.61. The maximum Gasteiger partial charge on any atom is 0.308 e. The van der Waals surface area contributed by atoms with Crippen LogP contribution in [0.15, 0.2) is 36.4 Å². The SMILES string of the molecule is CC(=O)Oc1cc2c3cc(OC(C)=O)c(OC(C)=O)cc3c3cc(OC(C)=O)c(OC(C)=O)cc3c2cc1OC(C)=O. The van der Waals surface area contributed by atoms with E-state index >= 15 is 0 Å². The summed E-state index contributed by atoms with van der Waals surface area (Å²) < 4.78 is 32.0. The maximum absolute atomic E-state index is 11.9. The molecule has 0 N–H and O–H groups in total. The van der Waals surface area contributed by atoms with E-state index in [1.54, 1.807) is 0 Å². The van der Waals surface area contributed by atoms with Crippen molar-refractivity contribution in [2.75, 3.05) is 0 Å². The third kappa shape index (κ3) is 6.28. The second-order valence-corrected chi connectivity index (χ2v) is 9.10. The summed E-state index contributed by atoms with van der Waals surface area (Å²) in [5, 5.41) is 2.51. The molecule has 0 aliphatic rings. The molecule has 4 aromatic carbocycles. The second kappa shape index (κ2) is 11.5. The highest BCUT2D eigenvalue weighted by atomic mass is 16.6. The molecule has 0 fully saturated rings. The Morgan fingerprint density at radius 1 is 0.310 bits per heavy atom. The molecule has 42 heavy (non-hydrogen) atoms. The molecule has 0 bridgehead atoms. The summed E-state index contributed by atoms with van der Waals surface area (Å²) in [4.78, 5) is 71.4. The van der Waals surface area contributed by atoms with Crippen molar-refractivity contribution in [1.82, 2.24) is 0 Å². The fraction of sp³-hybridized carbons (Fsp3) is 0.200. The van der Waals surface area contributed by atoms with Gasteiger partial charge in [0.05, 0.1) is 0 Å². The van der Waals surface area contributed by atoms with E-state index < -0.39 is 35.8 Å². The molecule has 0 saturated carbocycles. The van der Waals surface area contributed by atoms with Crippen molar-refractivity contribution in [3.63, 3.8) is 0 Å². The number of rotatable bonds is 6. The van der Waals surface area contributed by atoms with Crippen LogP contribution in [0.1, 0.15) is 41.5 Å². The molecule has 216 valence electrons. The predicted octanol–water partition coefficient (Wildman–Crippen LogP) is 4.70. The summed E-state index contributed by atoms with van der Waals surface area (Å²) in [6, 6.07) is 8.70. The molecule has 0 heterocycles. The minimum atomic E-state index is -0.686. The Bertz CT molecular complexity index is 1480. The van der Waals surface area contributed by atoms with Gasteiger partial charge in [0.1, 0.15) is 0 Å². The van der Waals surface area contributed by atoms with Gasteiger partial charge in [-0.05, 0) is 68.7 Å². The van der Waals surface area contributed by atoms with E-state index in [9.17, 15) is 28.8 Å². The van der Waals surface area contributed by atoms with Gasteiger partial charge in [-0.3, -0.25) is 28.8 Å². The predicted molar refractivity (Wildman–Crippen MR) is 147 cm³/mol. The van der Waals surface area contributed by atoms with Crippen LogP contribution in [-0.4, -0.2) is 35.8 Å². The van der Waals surface area contributed by atoms with Gasteiger partial charge in [-0.25, -0.2) is 0 Å². The van der Waals surface area contributed by atoms with Gasteiger partial charge in [0.15, 0.2) is 34.5 Å². The molecule has 0 aliphatic carbocycles. The number of hydrogen-bond donors (Lipinski definition) is 0. The normalized spacial score (nSPS) is 10.7. The molecule has 4 rings (SSSR count). The lowest BCUT2D eigenvalue weighted by molar-refractivity contribution is -0.134. The number of hydrogen-bond acceptors (Lipinski definition) is 12. The first-order valence-electron chi connectivity index (χ1n) is 12.4. The van der Waals surface area contributed by atoms with Crippen molar-refractivity contribution in [1.29, 1.82) is 0 Å². The zero-order chi connectivity index (χ0) is 30.9. The third-order valence-corrected chi connectivity index (χ3v) is 5.64. The minimum Gasteiger partial charge on any atom is -0.423 e. The highest BCUT2D eigenvalue weighted by molar-refractivity contribution is 6.27. The lowest BCUT2D eigenvalue weighted by Crippen LogP contribution is -2.08. The maximum atomic E-state index is 11.9. The van der Waals surface area contributed by atoms with E-state index in [-0.39, 0.29) is 34.5 Å². The number of carbonyl (C=O) groups excluding carboxylic acids is 6. The van der Waals surface area contributed by atoms with Crippen molar-refractivity contribution >= 4 is 68.1 Å². The number of carbonyl (C=O) groups is 6. The van der Waals surface area contributed by atoms with E-state index in [4.69, 9.17) is 28.4 Å². The molecule has 0 amide bonds. The van der Waals surface area contributed by atoms with Gasteiger partial charge < -0.3 is 28.4 Å². The number of esters is 6. The monoisotopic (exact) mass is 576 g/mol. The summed E-state index contributed by atoms with van der Waals surface area (Å²) in [7, 11) is 0. The molecular formula is C30H24O12. The lowest BCUT2D eigenvalue weighted by atomic mass is 9.93. The zero-order valence-corrected chi connectivity index (χ0v) is 23.4. The topological polar surface area (TPSA) is 158 Å². The van der Waals surface area contributed by atoms with Crippen molar-refractivity contribution < 1.29 is 57.2 Å². The van der Waals surface area contributed by atoms with Crippen LogP contribution in [0, 0.1) is 0 Å². The number of benzene rings is 4. The second-order valence-electron chi connectivity index (χ2n) is 9.10. The molecule has 0 spiro atoms. The molecule has 0 unspecified atom stereocenters. The Morgan fingerprint density at radius 2 is 0.429 bits per heavy atom. The highest BCUT2D eigenvalue weighted by Crippen LogP contribution is 2.47. The van der Waals surface area contributed by atoms with Gasteiger partial charge in [0, 0.05) is 41.5 Å². The third-order valence-electron chi connectivity index (χ3n) is 5.64. The standard InChI is InChI=1S/C30H24O12/c1-13(31)37-25-7-19-20(8-26(25)38-14(2)32)22-10-28(40-16(4)34)30(42-18(6)36)12-24(22)23-11-29(41-17(5)35)27(9-21(19)23)39-15(3)33/h7-12H,1-6H3. The summed E-state index contributed by atoms with van der Waals surface area (Å²) in [6.07, 6.45) is 0. The average Bonchev–Trinajstić information content (AvgIpc) is 2.84. The van der Waals surface area contributed by atoms with Crippen LogP contribution < -0.4 is 28.4 Å². The van der Waals surface area contributed by atoms with Gasteiger partial charge in [-0.1, -0.05) is 0 Å². The first kappa shape index (κ1) is 29.5. The van der Waals surface area contributed by atoms with E-state index in [0.717, 1.165) is 0 Å². The first-order chi connectivity index (χ1) is 19.7. The van der Waals surface area contributed by atoms with Crippen LogP contribution in [0.2, 0.25) is 0 Å². The molecule has 12 heteroatoms. The zero-order valence-electron chi connectivity index (χ0n) is 23.4. The molecular weight excluding hydrogens is 552 g/mol. The average molecular weight is 577 g/mol. The molecule has 12 nitrogen and oxygen atoms in total. The Morgan fingerprint density at radius 3 is 0.524 bits per heavy atom. The lowest BCUT2D eigenvalue weighted by Gasteiger charge is -2.18. The number of fused-ring (bicyclic) bond motifs is 6. The first-order valence-corrected chi connectivity index (χ1v) is 12.4. The van der Waals surface area contributed by atoms with Crippen LogP contribution in [0.4, 0.5) is 0 Å². The summed E-state index contributed by atoms with van der Waals surface area (Å²) in [6.45, 7) is 7.04. The van der Waals surface area contributed by atoms with Crippen molar-refractivity contribution in [2.24, 2.45) is 0 Å². The van der Waals surface area contributed by atoms with Gasteiger partial charge >= 0.3 is 35.8 Å². The van der Waals surface area contributed by atoms with E-state index in [0.29, 0.717) is 32.3 Å². The Kier molecular flexibility index (Phi) is 8.09. The van der Waals surface area contributed by atoms with E-state index in [1.807, 2.05) is 0 Å². The van der Waals surface area contributed by atoms with Crippen molar-refractivity contribution in [3.8, 4) is 34.5 Å². The number of ether oxygens (including phenoxy) is 6. The van der Waals surface area contributed by atoms with Crippen LogP contribution in [-0.2, 0) is 28.8 Å². The Balaban J connectivity index is 2.27. The quantitative estimate of drug-likeness (QED) is 0.177. The van der Waals surface area contributed by atoms with Crippen LogP contribution in [0.25, 0.3) is 32.3 Å². The minimum absolute atomic E-state index is 0.0827. The van der Waals surface area contributed by atoms with Crippen LogP contribution in [0.3, 0.4) is 0 Å². The molecule has 0 saturated heterocycles. The van der Waals surface area contributed by atoms with Gasteiger partial charge in [-0.15, -0.1) is 0 Å². The van der Waals surface area contributed by atoms with Crippen LogP contribution >= 0.6 is 0 Å². The highest BCUT2D eigenvalue weighted by Gasteiger charge is 2.22. The summed E-state index contributed by atoms with van der Waals surface area (Å²) in [5.41, 5.74) is 0. The van der Waals surface area contributed by atoms with Gasteiger partial charge in [-0.2, -0.15) is 0 Å². The molecule has 0 aliphatic heterocycles. The van der Waals surface area contributed by atoms with E-state index in [1.165, 1.54) is 77.9 Å². The van der Waals surface area contributed by atoms with E-state index in [2.05, 4.69) is 0 Å². The Hall–Kier alpha value is -5.52. The van der Waals surface area contributed by atoms with Gasteiger partial charge in [0.2, 0.25) is 0 Å². The molecule has 0 atom stereocenters. The summed E-state index contributed by atoms with van der Waals surface area (Å²) >= 11 is 0. The van der Waals surface area contributed by atoms with Crippen molar-refractivity contribution in [3.05, 3.63) is 36.4 Å².